The third-order valence-electron chi connectivity index (χ3n) is 5.11. The number of aromatic nitrogens is 2. The maximum atomic E-state index is 12.1. The van der Waals surface area contributed by atoms with E-state index >= 15 is 0 Å². The lowest BCUT2D eigenvalue weighted by Crippen LogP contribution is -2.26. The van der Waals surface area contributed by atoms with Crippen LogP contribution < -0.4 is 10.9 Å². The highest BCUT2D eigenvalue weighted by molar-refractivity contribution is 5.81. The average Bonchev–Trinajstić information content (AvgIpc) is 3.20. The van der Waals surface area contributed by atoms with Crippen molar-refractivity contribution >= 4 is 11.0 Å². The van der Waals surface area contributed by atoms with Crippen molar-refractivity contribution in [1.29, 1.82) is 0 Å². The van der Waals surface area contributed by atoms with Gasteiger partial charge in [0.05, 0.1) is 12.6 Å². The molecule has 5 heteroatoms. The van der Waals surface area contributed by atoms with Crippen molar-refractivity contribution < 1.29 is 4.42 Å². The van der Waals surface area contributed by atoms with Crippen molar-refractivity contribution in [3.05, 3.63) is 99.7 Å². The van der Waals surface area contributed by atoms with E-state index in [1.807, 2.05) is 48.1 Å². The number of rotatable bonds is 6. The second-order valence-corrected chi connectivity index (χ2v) is 7.10. The Kier molecular flexibility index (Phi) is 5.08. The Morgan fingerprint density at radius 1 is 1.07 bits per heavy atom. The maximum absolute atomic E-state index is 12.1. The van der Waals surface area contributed by atoms with Crippen LogP contribution in [0.5, 0.6) is 0 Å². The van der Waals surface area contributed by atoms with Crippen molar-refractivity contribution in [3.63, 3.8) is 0 Å². The van der Waals surface area contributed by atoms with E-state index in [-0.39, 0.29) is 11.7 Å². The molecule has 2 heterocycles. The molecule has 0 bridgehead atoms. The van der Waals surface area contributed by atoms with Crippen LogP contribution in [0.3, 0.4) is 0 Å². The molecule has 0 aliphatic carbocycles. The van der Waals surface area contributed by atoms with E-state index < -0.39 is 0 Å². The Morgan fingerprint density at radius 3 is 2.61 bits per heavy atom. The number of hydrogen-bond donors (Lipinski definition) is 1. The summed E-state index contributed by atoms with van der Waals surface area (Å²) in [7, 11) is 0. The molecule has 1 atom stereocenters. The highest BCUT2D eigenvalue weighted by Crippen LogP contribution is 2.23. The van der Waals surface area contributed by atoms with Crippen LogP contribution in [0.1, 0.15) is 28.3 Å². The van der Waals surface area contributed by atoms with E-state index in [1.54, 1.807) is 12.3 Å². The third-order valence-corrected chi connectivity index (χ3v) is 5.11. The van der Waals surface area contributed by atoms with Crippen molar-refractivity contribution in [2.24, 2.45) is 0 Å². The first-order valence-corrected chi connectivity index (χ1v) is 9.40. The summed E-state index contributed by atoms with van der Waals surface area (Å²) in [5.74, 6) is 0. The Labute approximate surface area is 163 Å². The molecular formula is C23H23N3O2. The molecule has 0 fully saturated rings. The molecule has 1 N–H and O–H groups in total. The smallest absolute Gasteiger partial charge is 0.336 e. The lowest BCUT2D eigenvalue weighted by Gasteiger charge is -2.20. The molecule has 0 saturated carbocycles. The molecule has 0 amide bonds. The highest BCUT2D eigenvalue weighted by Gasteiger charge is 2.14. The Bertz CT molecular complexity index is 1130. The lowest BCUT2D eigenvalue weighted by atomic mass is 10.0. The van der Waals surface area contributed by atoms with E-state index in [2.05, 4.69) is 35.5 Å². The zero-order chi connectivity index (χ0) is 19.5. The summed E-state index contributed by atoms with van der Waals surface area (Å²) in [6.07, 6.45) is 3.74. The minimum atomic E-state index is -0.323. The molecule has 4 rings (SSSR count). The average molecular weight is 373 g/mol. The fraction of sp³-hybridized carbons (Fsp3) is 0.217. The minimum absolute atomic E-state index is 0.0648. The maximum Gasteiger partial charge on any atom is 0.336 e. The van der Waals surface area contributed by atoms with E-state index in [4.69, 9.17) is 4.42 Å². The zero-order valence-electron chi connectivity index (χ0n) is 16.1. The van der Waals surface area contributed by atoms with Gasteiger partial charge in [0.1, 0.15) is 5.58 Å². The largest absolute Gasteiger partial charge is 0.423 e. The van der Waals surface area contributed by atoms with Gasteiger partial charge in [-0.2, -0.15) is 5.10 Å². The molecule has 4 aromatic rings. The Morgan fingerprint density at radius 2 is 1.86 bits per heavy atom. The predicted octanol–water partition coefficient (Wildman–Crippen LogP) is 4.14. The van der Waals surface area contributed by atoms with E-state index in [0.29, 0.717) is 18.7 Å². The van der Waals surface area contributed by atoms with Gasteiger partial charge in [0.2, 0.25) is 0 Å². The first kappa shape index (κ1) is 18.2. The van der Waals surface area contributed by atoms with Gasteiger partial charge in [-0.25, -0.2) is 4.79 Å². The van der Waals surface area contributed by atoms with Gasteiger partial charge >= 0.3 is 5.63 Å². The monoisotopic (exact) mass is 373 g/mol. The predicted molar refractivity (Wildman–Crippen MR) is 110 cm³/mol. The van der Waals surface area contributed by atoms with Crippen LogP contribution >= 0.6 is 0 Å². The van der Waals surface area contributed by atoms with E-state index in [9.17, 15) is 4.79 Å². The molecule has 0 radical (unpaired) electrons. The first-order valence-electron chi connectivity index (χ1n) is 9.40. The highest BCUT2D eigenvalue weighted by atomic mass is 16.4. The summed E-state index contributed by atoms with van der Waals surface area (Å²) in [5, 5.41) is 8.91. The molecule has 28 heavy (non-hydrogen) atoms. The number of benzene rings is 2. The Balaban J connectivity index is 1.65. The van der Waals surface area contributed by atoms with E-state index in [0.717, 1.165) is 16.5 Å². The van der Waals surface area contributed by atoms with Crippen LogP contribution in [0.2, 0.25) is 0 Å². The van der Waals surface area contributed by atoms with Crippen LogP contribution in [0.4, 0.5) is 0 Å². The van der Waals surface area contributed by atoms with Crippen LogP contribution in [0.15, 0.2) is 76.2 Å². The zero-order valence-corrected chi connectivity index (χ0v) is 16.1. The first-order chi connectivity index (χ1) is 13.6. The number of fused-ring (bicyclic) bond motifs is 1. The van der Waals surface area contributed by atoms with Gasteiger partial charge < -0.3 is 9.73 Å². The number of nitrogens with zero attached hydrogens (tertiary/aromatic N) is 2. The number of aryl methyl sites for hydroxylation is 2. The second kappa shape index (κ2) is 7.82. The second-order valence-electron chi connectivity index (χ2n) is 7.10. The van der Waals surface area contributed by atoms with Crippen molar-refractivity contribution in [1.82, 2.24) is 15.1 Å². The fourth-order valence-electron chi connectivity index (χ4n) is 3.43. The summed E-state index contributed by atoms with van der Waals surface area (Å²) in [5.41, 5.74) is 4.72. The molecule has 0 aliphatic rings. The molecule has 0 unspecified atom stereocenters. The van der Waals surface area contributed by atoms with Gasteiger partial charge in [0.15, 0.2) is 0 Å². The van der Waals surface area contributed by atoms with Crippen LogP contribution in [0.25, 0.3) is 11.0 Å². The van der Waals surface area contributed by atoms with Gasteiger partial charge in [-0.15, -0.1) is 0 Å². The molecule has 2 aromatic heterocycles. The topological polar surface area (TPSA) is 60.1 Å². The van der Waals surface area contributed by atoms with Gasteiger partial charge in [-0.1, -0.05) is 30.3 Å². The van der Waals surface area contributed by atoms with Crippen LogP contribution in [0, 0.1) is 13.8 Å². The van der Waals surface area contributed by atoms with Crippen molar-refractivity contribution in [2.45, 2.75) is 33.0 Å². The summed E-state index contributed by atoms with van der Waals surface area (Å²) in [4.78, 5) is 12.1. The molecule has 142 valence electrons. The summed E-state index contributed by atoms with van der Waals surface area (Å²) in [6.45, 7) is 5.36. The van der Waals surface area contributed by atoms with Gasteiger partial charge in [0, 0.05) is 30.4 Å². The quantitative estimate of drug-likeness (QED) is 0.516. The molecule has 0 saturated heterocycles. The normalized spacial score (nSPS) is 12.4. The van der Waals surface area contributed by atoms with Crippen molar-refractivity contribution in [3.8, 4) is 0 Å². The molecule has 0 spiro atoms. The molecular weight excluding hydrogens is 350 g/mol. The minimum Gasteiger partial charge on any atom is -0.423 e. The number of nitrogens with one attached hydrogen (secondary N) is 1. The van der Waals surface area contributed by atoms with E-state index in [1.165, 1.54) is 11.1 Å². The summed E-state index contributed by atoms with van der Waals surface area (Å²) < 4.78 is 7.33. The van der Waals surface area contributed by atoms with Gasteiger partial charge in [-0.05, 0) is 54.3 Å². The summed E-state index contributed by atoms with van der Waals surface area (Å²) >= 11 is 0. The molecule has 0 aliphatic heterocycles. The molecule has 5 nitrogen and oxygen atoms in total. The van der Waals surface area contributed by atoms with Gasteiger partial charge in [0.25, 0.3) is 0 Å². The van der Waals surface area contributed by atoms with Crippen LogP contribution in [-0.4, -0.2) is 9.78 Å². The standard InChI is InChI=1S/C23H23N3O2/c1-16-11-20-19(13-23(27)28-22(20)12-17(16)2)14-24-21(15-26-10-6-9-25-26)18-7-4-3-5-8-18/h3-13,21,24H,14-15H2,1-2H3/t21-/m1/s1. The SMILES string of the molecule is Cc1cc2oc(=O)cc(CN[C@H](Cn3cccn3)c3ccccc3)c2cc1C. The van der Waals surface area contributed by atoms with Crippen LogP contribution in [-0.2, 0) is 13.1 Å². The lowest BCUT2D eigenvalue weighted by molar-refractivity contribution is 0.437. The third kappa shape index (κ3) is 3.89. The summed E-state index contributed by atoms with van der Waals surface area (Å²) in [6, 6.07) is 17.9. The van der Waals surface area contributed by atoms with Crippen molar-refractivity contribution in [2.75, 3.05) is 0 Å². The number of hydrogen-bond acceptors (Lipinski definition) is 4. The Hall–Kier alpha value is -3.18. The molecule has 2 aromatic carbocycles. The van der Waals surface area contributed by atoms with Gasteiger partial charge in [-0.3, -0.25) is 4.68 Å². The fourth-order valence-corrected chi connectivity index (χ4v) is 3.43.